The number of carbonyl (C=O) groups excluding carboxylic acids is 1. The van der Waals surface area contributed by atoms with Crippen LogP contribution in [0.25, 0.3) is 0 Å². The lowest BCUT2D eigenvalue weighted by Crippen LogP contribution is -2.42. The fourth-order valence-electron chi connectivity index (χ4n) is 3.26. The molecule has 0 radical (unpaired) electrons. The summed E-state index contributed by atoms with van der Waals surface area (Å²) in [5.74, 6) is 1.71. The maximum Gasteiger partial charge on any atom is 0.271 e. The molecule has 2 aliphatic heterocycles. The van der Waals surface area contributed by atoms with E-state index in [0.717, 1.165) is 42.9 Å². The van der Waals surface area contributed by atoms with Crippen molar-refractivity contribution in [2.45, 2.75) is 37.9 Å². The molecular weight excluding hydrogens is 292 g/mol. The topological polar surface area (TPSA) is 82.2 Å². The van der Waals surface area contributed by atoms with Gasteiger partial charge in [0.05, 0.1) is 6.04 Å². The Balaban J connectivity index is 1.45. The van der Waals surface area contributed by atoms with E-state index in [1.165, 1.54) is 0 Å². The zero-order chi connectivity index (χ0) is 15.8. The smallest absolute Gasteiger partial charge is 0.271 e. The number of benzene rings is 1. The third-order valence-electron chi connectivity index (χ3n) is 4.48. The standard InChI is InChI=1S/C17H20N4O2/c18-12-5-6-16-20-14(9-21(16)8-12)17(22)19-13-7-11-3-1-2-4-15(11)23-10-13/h1-4,9,12-13H,5-8,10,18H2,(H,19,22)/t12?,13-/m1/s1. The van der Waals surface area contributed by atoms with Crippen molar-refractivity contribution in [1.82, 2.24) is 14.9 Å². The van der Waals surface area contributed by atoms with Crippen LogP contribution in [0, 0.1) is 0 Å². The van der Waals surface area contributed by atoms with Gasteiger partial charge < -0.3 is 20.4 Å². The predicted molar refractivity (Wildman–Crippen MR) is 85.4 cm³/mol. The monoisotopic (exact) mass is 312 g/mol. The molecule has 6 nitrogen and oxygen atoms in total. The minimum absolute atomic E-state index is 0.0293. The molecule has 0 saturated heterocycles. The van der Waals surface area contributed by atoms with Gasteiger partial charge in [0.25, 0.3) is 5.91 Å². The van der Waals surface area contributed by atoms with Gasteiger partial charge in [0.15, 0.2) is 0 Å². The van der Waals surface area contributed by atoms with Crippen molar-refractivity contribution in [2.75, 3.05) is 6.61 Å². The van der Waals surface area contributed by atoms with Crippen molar-refractivity contribution >= 4 is 5.91 Å². The number of fused-ring (bicyclic) bond motifs is 2. The highest BCUT2D eigenvalue weighted by Gasteiger charge is 2.24. The Morgan fingerprint density at radius 3 is 3.17 bits per heavy atom. The van der Waals surface area contributed by atoms with Crippen molar-refractivity contribution in [1.29, 1.82) is 0 Å². The molecule has 3 heterocycles. The normalized spacial score (nSPS) is 22.7. The number of carbonyl (C=O) groups is 1. The Morgan fingerprint density at radius 1 is 1.39 bits per heavy atom. The Kier molecular flexibility index (Phi) is 3.53. The highest BCUT2D eigenvalue weighted by atomic mass is 16.5. The van der Waals surface area contributed by atoms with Gasteiger partial charge >= 0.3 is 0 Å². The number of hydrogen-bond donors (Lipinski definition) is 2. The van der Waals surface area contributed by atoms with Crippen LogP contribution in [0.4, 0.5) is 0 Å². The molecule has 3 N–H and O–H groups in total. The summed E-state index contributed by atoms with van der Waals surface area (Å²) in [7, 11) is 0. The molecule has 1 unspecified atom stereocenters. The van der Waals surface area contributed by atoms with Crippen molar-refractivity contribution in [3.05, 3.63) is 47.5 Å². The van der Waals surface area contributed by atoms with E-state index in [9.17, 15) is 4.79 Å². The van der Waals surface area contributed by atoms with E-state index in [2.05, 4.69) is 10.3 Å². The van der Waals surface area contributed by atoms with E-state index in [-0.39, 0.29) is 18.0 Å². The first-order valence-electron chi connectivity index (χ1n) is 8.02. The molecule has 4 rings (SSSR count). The molecule has 2 aliphatic rings. The molecule has 1 aromatic carbocycles. The minimum Gasteiger partial charge on any atom is -0.491 e. The molecule has 6 heteroatoms. The molecule has 1 aromatic heterocycles. The molecule has 2 atom stereocenters. The Bertz CT molecular complexity index is 740. The highest BCUT2D eigenvalue weighted by molar-refractivity contribution is 5.92. The Hall–Kier alpha value is -2.34. The molecular formula is C17H20N4O2. The first-order valence-corrected chi connectivity index (χ1v) is 8.02. The fraction of sp³-hybridized carbons (Fsp3) is 0.412. The van der Waals surface area contributed by atoms with Gasteiger partial charge in [-0.1, -0.05) is 18.2 Å². The molecule has 23 heavy (non-hydrogen) atoms. The van der Waals surface area contributed by atoms with Crippen LogP contribution in [0.15, 0.2) is 30.5 Å². The number of nitrogens with one attached hydrogen (secondary N) is 1. The van der Waals surface area contributed by atoms with E-state index in [0.29, 0.717) is 12.3 Å². The van der Waals surface area contributed by atoms with E-state index < -0.39 is 0 Å². The van der Waals surface area contributed by atoms with E-state index in [1.54, 1.807) is 6.20 Å². The summed E-state index contributed by atoms with van der Waals surface area (Å²) in [6, 6.07) is 8.05. The van der Waals surface area contributed by atoms with Crippen molar-refractivity contribution in [3.63, 3.8) is 0 Å². The number of aryl methyl sites for hydroxylation is 1. The number of ether oxygens (including phenoxy) is 1. The van der Waals surface area contributed by atoms with Gasteiger partial charge in [-0.15, -0.1) is 0 Å². The largest absolute Gasteiger partial charge is 0.491 e. The number of aromatic nitrogens is 2. The van der Waals surface area contributed by atoms with Gasteiger partial charge in [-0.3, -0.25) is 4.79 Å². The number of rotatable bonds is 2. The second-order valence-electron chi connectivity index (χ2n) is 6.29. The molecule has 0 spiro atoms. The molecule has 0 saturated carbocycles. The molecule has 0 aliphatic carbocycles. The Morgan fingerprint density at radius 2 is 2.26 bits per heavy atom. The molecule has 2 aromatic rings. The maximum atomic E-state index is 12.5. The average molecular weight is 312 g/mol. The lowest BCUT2D eigenvalue weighted by molar-refractivity contribution is 0.0910. The second kappa shape index (κ2) is 5.70. The Labute approximate surface area is 134 Å². The van der Waals surface area contributed by atoms with Crippen LogP contribution in [0.1, 0.15) is 28.3 Å². The highest BCUT2D eigenvalue weighted by Crippen LogP contribution is 2.24. The lowest BCUT2D eigenvalue weighted by atomic mass is 10.0. The third-order valence-corrected chi connectivity index (χ3v) is 4.48. The summed E-state index contributed by atoms with van der Waals surface area (Å²) >= 11 is 0. The van der Waals surface area contributed by atoms with E-state index >= 15 is 0 Å². The quantitative estimate of drug-likeness (QED) is 0.863. The number of imidazole rings is 1. The van der Waals surface area contributed by atoms with Crippen LogP contribution >= 0.6 is 0 Å². The van der Waals surface area contributed by atoms with Crippen LogP contribution in [0.2, 0.25) is 0 Å². The number of nitrogens with zero attached hydrogens (tertiary/aromatic N) is 2. The van der Waals surface area contributed by atoms with Gasteiger partial charge in [0, 0.05) is 25.2 Å². The summed E-state index contributed by atoms with van der Waals surface area (Å²) in [5.41, 5.74) is 7.55. The van der Waals surface area contributed by atoms with Crippen molar-refractivity contribution < 1.29 is 9.53 Å². The first-order chi connectivity index (χ1) is 11.2. The minimum atomic E-state index is -0.145. The van der Waals surface area contributed by atoms with Gasteiger partial charge in [0.2, 0.25) is 0 Å². The van der Waals surface area contributed by atoms with Crippen LogP contribution in [-0.4, -0.2) is 34.1 Å². The fourth-order valence-corrected chi connectivity index (χ4v) is 3.26. The molecule has 1 amide bonds. The van der Waals surface area contributed by atoms with Crippen LogP contribution in [-0.2, 0) is 19.4 Å². The van der Waals surface area contributed by atoms with Crippen molar-refractivity contribution in [2.24, 2.45) is 5.73 Å². The van der Waals surface area contributed by atoms with E-state index in [4.69, 9.17) is 10.5 Å². The SMILES string of the molecule is NC1CCc2nc(C(=O)N[C@H]3COc4ccccc4C3)cn2C1. The zero-order valence-corrected chi connectivity index (χ0v) is 12.9. The maximum absolute atomic E-state index is 12.5. The van der Waals surface area contributed by atoms with Gasteiger partial charge in [-0.05, 0) is 24.5 Å². The number of hydrogen-bond acceptors (Lipinski definition) is 4. The van der Waals surface area contributed by atoms with Gasteiger partial charge in [-0.2, -0.15) is 0 Å². The van der Waals surface area contributed by atoms with Crippen molar-refractivity contribution in [3.8, 4) is 5.75 Å². The number of para-hydroxylation sites is 1. The van der Waals surface area contributed by atoms with Crippen LogP contribution in [0.3, 0.4) is 0 Å². The molecule has 0 bridgehead atoms. The predicted octanol–water partition coefficient (Wildman–Crippen LogP) is 0.890. The van der Waals surface area contributed by atoms with Crippen LogP contribution in [0.5, 0.6) is 5.75 Å². The summed E-state index contributed by atoms with van der Waals surface area (Å²) < 4.78 is 7.71. The lowest BCUT2D eigenvalue weighted by Gasteiger charge is -2.25. The van der Waals surface area contributed by atoms with E-state index in [1.807, 2.05) is 28.8 Å². The molecule has 0 fully saturated rings. The van der Waals surface area contributed by atoms with Crippen LogP contribution < -0.4 is 15.8 Å². The van der Waals surface area contributed by atoms with Gasteiger partial charge in [-0.25, -0.2) is 4.98 Å². The summed E-state index contributed by atoms with van der Waals surface area (Å²) in [5, 5.41) is 3.03. The summed E-state index contributed by atoms with van der Waals surface area (Å²) in [4.78, 5) is 16.9. The zero-order valence-electron chi connectivity index (χ0n) is 12.9. The average Bonchev–Trinajstić information content (AvgIpc) is 2.98. The first kappa shape index (κ1) is 14.3. The second-order valence-corrected chi connectivity index (χ2v) is 6.29. The third kappa shape index (κ3) is 2.82. The molecule has 120 valence electrons. The number of amides is 1. The summed E-state index contributed by atoms with van der Waals surface area (Å²) in [6.07, 6.45) is 4.33. The summed E-state index contributed by atoms with van der Waals surface area (Å²) in [6.45, 7) is 1.22. The van der Waals surface area contributed by atoms with Gasteiger partial charge in [0.1, 0.15) is 23.9 Å². The number of nitrogens with two attached hydrogens (primary N) is 1.